The van der Waals surface area contributed by atoms with Gasteiger partial charge in [-0.15, -0.1) is 0 Å². The summed E-state index contributed by atoms with van der Waals surface area (Å²) < 4.78 is 0. The van der Waals surface area contributed by atoms with Crippen LogP contribution in [0.4, 0.5) is 0 Å². The van der Waals surface area contributed by atoms with Crippen LogP contribution in [0.2, 0.25) is 10.2 Å². The molecule has 4 nitrogen and oxygen atoms in total. The average molecular weight is 309 g/mol. The monoisotopic (exact) mass is 308 g/mol. The van der Waals surface area contributed by atoms with Gasteiger partial charge in [-0.05, 0) is 24.3 Å². The second-order valence-electron chi connectivity index (χ2n) is 3.41. The van der Waals surface area contributed by atoms with E-state index in [1.165, 1.54) is 6.07 Å². The molecule has 0 bridgehead atoms. The van der Waals surface area contributed by atoms with Gasteiger partial charge < -0.3 is 10.4 Å². The highest BCUT2D eigenvalue weighted by Gasteiger charge is 2.11. The minimum Gasteiger partial charge on any atom is -0.396 e. The molecule has 1 aromatic heterocycles. The number of amides is 1. The maximum Gasteiger partial charge on any atom is 0.271 e. The third-order valence-corrected chi connectivity index (χ3v) is 3.59. The lowest BCUT2D eigenvalue weighted by Gasteiger charge is -2.06. The van der Waals surface area contributed by atoms with Gasteiger partial charge in [0.25, 0.3) is 5.91 Å². The lowest BCUT2D eigenvalue weighted by atomic mass is 10.3. The summed E-state index contributed by atoms with van der Waals surface area (Å²) in [4.78, 5) is 15.6. The summed E-state index contributed by atoms with van der Waals surface area (Å²) >= 11 is 13.2. The topological polar surface area (TPSA) is 62.2 Å². The number of rotatable bonds is 7. The van der Waals surface area contributed by atoms with Crippen molar-refractivity contribution >= 4 is 40.9 Å². The van der Waals surface area contributed by atoms with Crippen molar-refractivity contribution in [2.75, 3.05) is 24.7 Å². The summed E-state index contributed by atoms with van der Waals surface area (Å²) in [7, 11) is 0. The van der Waals surface area contributed by atoms with Crippen LogP contribution in [-0.4, -0.2) is 40.7 Å². The Morgan fingerprint density at radius 2 is 2.17 bits per heavy atom. The van der Waals surface area contributed by atoms with Crippen molar-refractivity contribution in [2.24, 2.45) is 0 Å². The molecule has 1 aromatic rings. The quantitative estimate of drug-likeness (QED) is 0.599. The van der Waals surface area contributed by atoms with Crippen LogP contribution in [0.25, 0.3) is 0 Å². The summed E-state index contributed by atoms with van der Waals surface area (Å²) in [5, 5.41) is 11.8. The van der Waals surface area contributed by atoms with Gasteiger partial charge in [-0.25, -0.2) is 4.98 Å². The van der Waals surface area contributed by atoms with Gasteiger partial charge in [-0.1, -0.05) is 23.2 Å². The zero-order valence-corrected chi connectivity index (χ0v) is 12.0. The van der Waals surface area contributed by atoms with Crippen LogP contribution >= 0.6 is 35.0 Å². The van der Waals surface area contributed by atoms with Gasteiger partial charge in [0.15, 0.2) is 0 Å². The molecule has 0 unspecified atom stereocenters. The van der Waals surface area contributed by atoms with E-state index < -0.39 is 0 Å². The second-order valence-corrected chi connectivity index (χ2v) is 5.43. The van der Waals surface area contributed by atoms with E-state index in [2.05, 4.69) is 10.3 Å². The molecule has 0 aliphatic carbocycles. The summed E-state index contributed by atoms with van der Waals surface area (Å²) in [5.41, 5.74) is 0.143. The Labute approximate surface area is 120 Å². The summed E-state index contributed by atoms with van der Waals surface area (Å²) in [6.45, 7) is 0.723. The number of hydrogen-bond donors (Lipinski definition) is 2. The van der Waals surface area contributed by atoms with Gasteiger partial charge in [0, 0.05) is 18.9 Å². The third kappa shape index (κ3) is 5.44. The van der Waals surface area contributed by atoms with E-state index in [1.54, 1.807) is 17.8 Å². The van der Waals surface area contributed by atoms with Crippen molar-refractivity contribution in [2.45, 2.75) is 6.42 Å². The number of carbonyl (C=O) groups excluding carboxylic acids is 1. The fourth-order valence-corrected chi connectivity index (χ4v) is 2.29. The molecule has 0 fully saturated rings. The molecule has 0 saturated carbocycles. The van der Waals surface area contributed by atoms with Crippen LogP contribution in [0, 0.1) is 0 Å². The number of thioether (sulfide) groups is 1. The van der Waals surface area contributed by atoms with E-state index >= 15 is 0 Å². The fraction of sp³-hybridized carbons (Fsp3) is 0.455. The minimum atomic E-state index is -0.328. The number of hydrogen-bond acceptors (Lipinski definition) is 4. The zero-order chi connectivity index (χ0) is 13.4. The number of pyridine rings is 1. The van der Waals surface area contributed by atoms with Crippen LogP contribution in [0.5, 0.6) is 0 Å². The highest BCUT2D eigenvalue weighted by molar-refractivity contribution is 7.99. The number of aliphatic hydroxyl groups is 1. The van der Waals surface area contributed by atoms with Crippen LogP contribution in [-0.2, 0) is 0 Å². The Morgan fingerprint density at radius 3 is 2.89 bits per heavy atom. The molecular formula is C11H14Cl2N2O2S. The molecule has 100 valence electrons. The predicted molar refractivity (Wildman–Crippen MR) is 75.6 cm³/mol. The van der Waals surface area contributed by atoms with E-state index in [-0.39, 0.29) is 28.4 Å². The maximum absolute atomic E-state index is 11.7. The lowest BCUT2D eigenvalue weighted by molar-refractivity contribution is 0.0951. The summed E-state index contributed by atoms with van der Waals surface area (Å²) in [6.07, 6.45) is 0.764. The van der Waals surface area contributed by atoms with Crippen molar-refractivity contribution in [1.29, 1.82) is 0 Å². The average Bonchev–Trinajstić information content (AvgIpc) is 2.36. The Morgan fingerprint density at radius 1 is 1.39 bits per heavy atom. The fourth-order valence-electron chi connectivity index (χ4n) is 1.17. The van der Waals surface area contributed by atoms with E-state index in [4.69, 9.17) is 28.3 Å². The molecule has 1 amide bonds. The van der Waals surface area contributed by atoms with Gasteiger partial charge >= 0.3 is 0 Å². The summed E-state index contributed by atoms with van der Waals surface area (Å²) in [6, 6.07) is 3.08. The van der Waals surface area contributed by atoms with Gasteiger partial charge in [0.05, 0.1) is 5.02 Å². The largest absolute Gasteiger partial charge is 0.396 e. The lowest BCUT2D eigenvalue weighted by Crippen LogP contribution is -2.27. The number of halogens is 2. The summed E-state index contributed by atoms with van der Waals surface area (Å²) in [5.74, 6) is 1.33. The highest BCUT2D eigenvalue weighted by Crippen LogP contribution is 2.16. The molecule has 0 aliphatic heterocycles. The van der Waals surface area contributed by atoms with Crippen molar-refractivity contribution in [3.63, 3.8) is 0 Å². The molecule has 0 atom stereocenters. The minimum absolute atomic E-state index is 0.143. The highest BCUT2D eigenvalue weighted by atomic mass is 35.5. The van der Waals surface area contributed by atoms with Crippen molar-refractivity contribution in [1.82, 2.24) is 10.3 Å². The van der Waals surface area contributed by atoms with E-state index in [0.29, 0.717) is 6.54 Å². The zero-order valence-electron chi connectivity index (χ0n) is 9.66. The molecule has 18 heavy (non-hydrogen) atoms. The predicted octanol–water partition coefficient (Wildman–Crippen LogP) is 2.23. The maximum atomic E-state index is 11.7. The number of nitrogens with one attached hydrogen (secondary N) is 1. The Hall–Kier alpha value is -0.490. The molecule has 7 heteroatoms. The van der Waals surface area contributed by atoms with Gasteiger partial charge in [0.1, 0.15) is 10.8 Å². The smallest absolute Gasteiger partial charge is 0.271 e. The SMILES string of the molecule is O=C(NCCSCCCO)c1nc(Cl)ccc1Cl. The Bertz CT molecular complexity index is 405. The van der Waals surface area contributed by atoms with Gasteiger partial charge in [0.2, 0.25) is 0 Å². The molecule has 2 N–H and O–H groups in total. The van der Waals surface area contributed by atoms with Crippen molar-refractivity contribution in [3.05, 3.63) is 28.0 Å². The number of nitrogens with zero attached hydrogens (tertiary/aromatic N) is 1. The standard InChI is InChI=1S/C11H14Cl2N2O2S/c12-8-2-3-9(13)15-10(8)11(17)14-4-7-18-6-1-5-16/h2-3,16H,1,4-7H2,(H,14,17). The first kappa shape index (κ1) is 15.6. The van der Waals surface area contributed by atoms with Gasteiger partial charge in [-0.2, -0.15) is 11.8 Å². The van der Waals surface area contributed by atoms with E-state index in [0.717, 1.165) is 17.9 Å². The first-order valence-electron chi connectivity index (χ1n) is 5.44. The molecule has 1 heterocycles. The van der Waals surface area contributed by atoms with Gasteiger partial charge in [-0.3, -0.25) is 4.79 Å². The number of aromatic nitrogens is 1. The normalized spacial score (nSPS) is 10.4. The third-order valence-electron chi connectivity index (χ3n) is 2.01. The molecule has 0 saturated heterocycles. The number of carbonyl (C=O) groups is 1. The molecule has 0 aliphatic rings. The molecule has 0 radical (unpaired) electrons. The van der Waals surface area contributed by atoms with Crippen LogP contribution in [0.3, 0.4) is 0 Å². The van der Waals surface area contributed by atoms with Crippen LogP contribution < -0.4 is 5.32 Å². The Kier molecular flexibility index (Phi) is 7.42. The van der Waals surface area contributed by atoms with Crippen molar-refractivity contribution in [3.8, 4) is 0 Å². The van der Waals surface area contributed by atoms with Crippen LogP contribution in [0.15, 0.2) is 12.1 Å². The Balaban J connectivity index is 2.34. The van der Waals surface area contributed by atoms with E-state index in [9.17, 15) is 4.79 Å². The van der Waals surface area contributed by atoms with E-state index in [1.807, 2.05) is 0 Å². The number of aliphatic hydroxyl groups excluding tert-OH is 1. The van der Waals surface area contributed by atoms with Crippen molar-refractivity contribution < 1.29 is 9.90 Å². The molecular weight excluding hydrogens is 295 g/mol. The second kappa shape index (κ2) is 8.58. The molecule has 0 spiro atoms. The van der Waals surface area contributed by atoms with Crippen LogP contribution in [0.1, 0.15) is 16.9 Å². The molecule has 1 rings (SSSR count). The first-order valence-corrected chi connectivity index (χ1v) is 7.35. The first-order chi connectivity index (χ1) is 8.65. The molecule has 0 aromatic carbocycles.